The Kier molecular flexibility index (Phi) is 11.6. The number of hydrogen-bond acceptors (Lipinski definition) is 4. The Bertz CT molecular complexity index is 169. The van der Waals surface area contributed by atoms with Gasteiger partial charge in [0.15, 0.2) is 0 Å². The standard InChI is InChI=1S/C15H33NO3/c1-4-7-13(17)10-16(11-14(18)8-5-2)12-15(19)9-6-3/h13-15,17-19H,4-12H2,1-3H3. The molecule has 0 aromatic heterocycles. The van der Waals surface area contributed by atoms with E-state index >= 15 is 0 Å². The molecule has 116 valence electrons. The van der Waals surface area contributed by atoms with Crippen LogP contribution >= 0.6 is 0 Å². The van der Waals surface area contributed by atoms with E-state index in [-0.39, 0.29) is 18.3 Å². The molecule has 0 aliphatic carbocycles. The van der Waals surface area contributed by atoms with Crippen molar-refractivity contribution in [3.8, 4) is 0 Å². The maximum atomic E-state index is 9.90. The second-order valence-corrected chi connectivity index (χ2v) is 5.55. The molecule has 0 rings (SSSR count). The minimum absolute atomic E-state index is 0.368. The predicted octanol–water partition coefficient (Wildman–Crippen LogP) is 1.77. The molecule has 0 aromatic carbocycles. The van der Waals surface area contributed by atoms with Crippen molar-refractivity contribution < 1.29 is 15.3 Å². The van der Waals surface area contributed by atoms with Gasteiger partial charge in [-0.15, -0.1) is 0 Å². The van der Waals surface area contributed by atoms with Crippen molar-refractivity contribution in [1.29, 1.82) is 0 Å². The van der Waals surface area contributed by atoms with Crippen molar-refractivity contribution in [2.75, 3.05) is 19.6 Å². The van der Waals surface area contributed by atoms with E-state index in [2.05, 4.69) is 0 Å². The first-order chi connectivity index (χ1) is 9.03. The van der Waals surface area contributed by atoms with Gasteiger partial charge >= 0.3 is 0 Å². The van der Waals surface area contributed by atoms with Crippen LogP contribution in [0.4, 0.5) is 0 Å². The van der Waals surface area contributed by atoms with Gasteiger partial charge in [-0.1, -0.05) is 40.0 Å². The molecular weight excluding hydrogens is 242 g/mol. The van der Waals surface area contributed by atoms with Crippen LogP contribution in [0.2, 0.25) is 0 Å². The number of hydrogen-bond donors (Lipinski definition) is 3. The van der Waals surface area contributed by atoms with Crippen LogP contribution in [0.25, 0.3) is 0 Å². The summed E-state index contributed by atoms with van der Waals surface area (Å²) in [6, 6.07) is 0. The van der Waals surface area contributed by atoms with E-state index in [1.807, 2.05) is 25.7 Å². The number of rotatable bonds is 12. The monoisotopic (exact) mass is 275 g/mol. The third kappa shape index (κ3) is 10.3. The molecule has 0 saturated carbocycles. The summed E-state index contributed by atoms with van der Waals surface area (Å²) in [6.07, 6.45) is 4.05. The maximum absolute atomic E-state index is 9.90. The smallest absolute Gasteiger partial charge is 0.0667 e. The lowest BCUT2D eigenvalue weighted by molar-refractivity contribution is 0.0314. The van der Waals surface area contributed by atoms with Crippen molar-refractivity contribution in [3.63, 3.8) is 0 Å². The molecule has 0 aromatic rings. The van der Waals surface area contributed by atoms with Crippen LogP contribution in [-0.2, 0) is 0 Å². The van der Waals surface area contributed by atoms with Crippen LogP contribution in [0, 0.1) is 0 Å². The third-order valence-electron chi connectivity index (χ3n) is 3.27. The summed E-state index contributed by atoms with van der Waals surface area (Å²) < 4.78 is 0. The topological polar surface area (TPSA) is 63.9 Å². The highest BCUT2D eigenvalue weighted by atomic mass is 16.3. The Morgan fingerprint density at radius 2 is 0.895 bits per heavy atom. The Hall–Kier alpha value is -0.160. The fraction of sp³-hybridized carbons (Fsp3) is 1.00. The number of nitrogens with zero attached hydrogens (tertiary/aromatic N) is 1. The molecule has 4 nitrogen and oxygen atoms in total. The van der Waals surface area contributed by atoms with Crippen LogP contribution < -0.4 is 0 Å². The van der Waals surface area contributed by atoms with Crippen LogP contribution in [0.5, 0.6) is 0 Å². The van der Waals surface area contributed by atoms with Gasteiger partial charge in [-0.3, -0.25) is 4.90 Å². The van der Waals surface area contributed by atoms with Crippen LogP contribution in [-0.4, -0.2) is 58.2 Å². The van der Waals surface area contributed by atoms with Gasteiger partial charge in [0.1, 0.15) is 0 Å². The molecule has 0 bridgehead atoms. The molecule has 3 unspecified atom stereocenters. The van der Waals surface area contributed by atoms with Crippen molar-refractivity contribution in [3.05, 3.63) is 0 Å². The molecule has 0 radical (unpaired) electrons. The summed E-state index contributed by atoms with van der Waals surface area (Å²) in [5.74, 6) is 0. The fourth-order valence-corrected chi connectivity index (χ4v) is 2.39. The minimum atomic E-state index is -0.368. The zero-order valence-corrected chi connectivity index (χ0v) is 12.9. The molecule has 0 amide bonds. The number of aliphatic hydroxyl groups excluding tert-OH is 3. The predicted molar refractivity (Wildman–Crippen MR) is 79.2 cm³/mol. The minimum Gasteiger partial charge on any atom is -0.392 e. The molecule has 0 saturated heterocycles. The summed E-state index contributed by atoms with van der Waals surface area (Å²) in [6.45, 7) is 7.75. The lowest BCUT2D eigenvalue weighted by Gasteiger charge is -2.29. The largest absolute Gasteiger partial charge is 0.392 e. The van der Waals surface area contributed by atoms with Crippen molar-refractivity contribution in [1.82, 2.24) is 4.90 Å². The normalized spacial score (nSPS) is 16.6. The van der Waals surface area contributed by atoms with Gasteiger partial charge in [0.25, 0.3) is 0 Å². The molecule has 0 aliphatic heterocycles. The van der Waals surface area contributed by atoms with E-state index in [0.29, 0.717) is 19.6 Å². The van der Waals surface area contributed by atoms with Crippen molar-refractivity contribution >= 4 is 0 Å². The SMILES string of the molecule is CCCC(O)CN(CC(O)CCC)CC(O)CCC. The molecule has 0 heterocycles. The first-order valence-electron chi connectivity index (χ1n) is 7.79. The van der Waals surface area contributed by atoms with Crippen LogP contribution in [0.3, 0.4) is 0 Å². The molecule has 3 atom stereocenters. The van der Waals surface area contributed by atoms with Crippen LogP contribution in [0.1, 0.15) is 59.3 Å². The molecule has 19 heavy (non-hydrogen) atoms. The van der Waals surface area contributed by atoms with Gasteiger partial charge in [-0.2, -0.15) is 0 Å². The highest BCUT2D eigenvalue weighted by Crippen LogP contribution is 2.07. The van der Waals surface area contributed by atoms with E-state index in [1.165, 1.54) is 0 Å². The molecule has 0 spiro atoms. The van der Waals surface area contributed by atoms with E-state index < -0.39 is 0 Å². The van der Waals surface area contributed by atoms with E-state index in [1.54, 1.807) is 0 Å². The molecule has 3 N–H and O–H groups in total. The van der Waals surface area contributed by atoms with Gasteiger partial charge in [0.2, 0.25) is 0 Å². The van der Waals surface area contributed by atoms with Gasteiger partial charge < -0.3 is 15.3 Å². The lowest BCUT2D eigenvalue weighted by atomic mass is 10.1. The summed E-state index contributed by atoms with van der Waals surface area (Å²) in [7, 11) is 0. The van der Waals surface area contributed by atoms with Crippen molar-refractivity contribution in [2.24, 2.45) is 0 Å². The average Bonchev–Trinajstić information content (AvgIpc) is 2.29. The second-order valence-electron chi connectivity index (χ2n) is 5.55. The van der Waals surface area contributed by atoms with E-state index in [0.717, 1.165) is 38.5 Å². The summed E-state index contributed by atoms with van der Waals surface area (Å²) in [4.78, 5) is 2.00. The zero-order chi connectivity index (χ0) is 14.7. The van der Waals surface area contributed by atoms with E-state index in [9.17, 15) is 15.3 Å². The first kappa shape index (κ1) is 18.8. The Morgan fingerprint density at radius 1 is 0.632 bits per heavy atom. The van der Waals surface area contributed by atoms with Crippen molar-refractivity contribution in [2.45, 2.75) is 77.6 Å². The summed E-state index contributed by atoms with van der Waals surface area (Å²) >= 11 is 0. The van der Waals surface area contributed by atoms with Crippen LogP contribution in [0.15, 0.2) is 0 Å². The quantitative estimate of drug-likeness (QED) is 0.508. The highest BCUT2D eigenvalue weighted by Gasteiger charge is 2.17. The van der Waals surface area contributed by atoms with Gasteiger partial charge in [-0.25, -0.2) is 0 Å². The summed E-state index contributed by atoms with van der Waals surface area (Å²) in [5.41, 5.74) is 0. The second kappa shape index (κ2) is 11.6. The van der Waals surface area contributed by atoms with Gasteiger partial charge in [-0.05, 0) is 19.3 Å². The Labute approximate surface area is 118 Å². The Balaban J connectivity index is 4.28. The highest BCUT2D eigenvalue weighted by molar-refractivity contribution is 4.72. The lowest BCUT2D eigenvalue weighted by Crippen LogP contribution is -2.42. The van der Waals surface area contributed by atoms with Gasteiger partial charge in [0.05, 0.1) is 18.3 Å². The zero-order valence-electron chi connectivity index (χ0n) is 12.9. The molecular formula is C15H33NO3. The fourth-order valence-electron chi connectivity index (χ4n) is 2.39. The first-order valence-corrected chi connectivity index (χ1v) is 7.79. The third-order valence-corrected chi connectivity index (χ3v) is 3.27. The number of aliphatic hydroxyl groups is 3. The van der Waals surface area contributed by atoms with E-state index in [4.69, 9.17) is 0 Å². The Morgan fingerprint density at radius 3 is 1.11 bits per heavy atom. The van der Waals surface area contributed by atoms with Gasteiger partial charge in [0, 0.05) is 19.6 Å². The molecule has 0 fully saturated rings. The molecule has 4 heteroatoms. The summed E-state index contributed by atoms with van der Waals surface area (Å²) in [5, 5.41) is 29.7. The maximum Gasteiger partial charge on any atom is 0.0667 e. The molecule has 0 aliphatic rings. The average molecular weight is 275 g/mol.